The molecule has 1 saturated carbocycles. The van der Waals surface area contributed by atoms with E-state index >= 15 is 0 Å². The summed E-state index contributed by atoms with van der Waals surface area (Å²) in [5, 5.41) is 5.58. The zero-order valence-electron chi connectivity index (χ0n) is 13.6. The average molecular weight is 309 g/mol. The maximum absolute atomic E-state index is 12.1. The van der Waals surface area contributed by atoms with Gasteiger partial charge in [-0.1, -0.05) is 26.7 Å². The third kappa shape index (κ3) is 4.21. The highest BCUT2D eigenvalue weighted by atomic mass is 16.2. The Balaban J connectivity index is 1.70. The van der Waals surface area contributed by atoms with E-state index < -0.39 is 0 Å². The minimum Gasteiger partial charge on any atom is -0.354 e. The predicted octanol–water partition coefficient (Wildman–Crippen LogP) is 0.666. The first kappa shape index (κ1) is 16.8. The lowest BCUT2D eigenvalue weighted by Crippen LogP contribution is -2.40. The van der Waals surface area contributed by atoms with E-state index in [2.05, 4.69) is 10.6 Å². The molecule has 3 amide bonds. The van der Waals surface area contributed by atoms with E-state index in [4.69, 9.17) is 0 Å². The van der Waals surface area contributed by atoms with Crippen LogP contribution in [0, 0.1) is 11.8 Å². The Bertz CT molecular complexity index is 430. The monoisotopic (exact) mass is 309 g/mol. The Morgan fingerprint density at radius 3 is 2.45 bits per heavy atom. The lowest BCUT2D eigenvalue weighted by Gasteiger charge is -2.23. The first-order valence-corrected chi connectivity index (χ1v) is 8.34. The number of carbonyl (C=O) groups is 3. The molecular weight excluding hydrogens is 282 g/mol. The van der Waals surface area contributed by atoms with Gasteiger partial charge in [-0.15, -0.1) is 0 Å². The van der Waals surface area contributed by atoms with Crippen LogP contribution in [0.1, 0.15) is 46.0 Å². The van der Waals surface area contributed by atoms with Crippen molar-refractivity contribution in [3.05, 3.63) is 0 Å². The molecule has 2 fully saturated rings. The van der Waals surface area contributed by atoms with E-state index in [1.54, 1.807) is 0 Å². The van der Waals surface area contributed by atoms with E-state index in [9.17, 15) is 14.4 Å². The summed E-state index contributed by atoms with van der Waals surface area (Å²) >= 11 is 0. The van der Waals surface area contributed by atoms with Crippen molar-refractivity contribution in [2.45, 2.75) is 52.0 Å². The van der Waals surface area contributed by atoms with Crippen LogP contribution in [-0.2, 0) is 14.4 Å². The van der Waals surface area contributed by atoms with E-state index in [-0.39, 0.29) is 29.6 Å². The van der Waals surface area contributed by atoms with Crippen LogP contribution in [0.25, 0.3) is 0 Å². The molecule has 0 aromatic heterocycles. The molecule has 6 nitrogen and oxygen atoms in total. The number of rotatable bonds is 6. The Morgan fingerprint density at radius 2 is 1.82 bits per heavy atom. The number of hydrogen-bond donors (Lipinski definition) is 2. The maximum Gasteiger partial charge on any atom is 0.225 e. The van der Waals surface area contributed by atoms with Crippen molar-refractivity contribution in [1.82, 2.24) is 15.5 Å². The van der Waals surface area contributed by atoms with E-state index in [0.717, 1.165) is 12.8 Å². The van der Waals surface area contributed by atoms with Gasteiger partial charge in [0, 0.05) is 38.0 Å². The highest BCUT2D eigenvalue weighted by Gasteiger charge is 2.38. The molecule has 1 aliphatic heterocycles. The molecule has 2 N–H and O–H groups in total. The lowest BCUT2D eigenvalue weighted by atomic mass is 10.1. The second kappa shape index (κ2) is 7.61. The fourth-order valence-electron chi connectivity index (χ4n) is 3.20. The third-order valence-corrected chi connectivity index (χ3v) is 4.54. The molecule has 0 aromatic rings. The summed E-state index contributed by atoms with van der Waals surface area (Å²) in [6.45, 7) is 5.04. The topological polar surface area (TPSA) is 78.5 Å². The third-order valence-electron chi connectivity index (χ3n) is 4.54. The summed E-state index contributed by atoms with van der Waals surface area (Å²) in [6, 6.07) is 0.343. The fourth-order valence-corrected chi connectivity index (χ4v) is 3.20. The largest absolute Gasteiger partial charge is 0.354 e. The van der Waals surface area contributed by atoms with Crippen LogP contribution in [0.3, 0.4) is 0 Å². The molecular formula is C16H27N3O3. The second-order valence-electron chi connectivity index (χ2n) is 6.62. The minimum absolute atomic E-state index is 0.0160. The molecule has 1 saturated heterocycles. The molecule has 2 rings (SSSR count). The summed E-state index contributed by atoms with van der Waals surface area (Å²) < 4.78 is 0. The van der Waals surface area contributed by atoms with Gasteiger partial charge < -0.3 is 15.5 Å². The highest BCUT2D eigenvalue weighted by Crippen LogP contribution is 2.29. The molecule has 0 bridgehead atoms. The number of nitrogens with zero attached hydrogens (tertiary/aromatic N) is 1. The normalized spacial score (nSPS) is 22.4. The van der Waals surface area contributed by atoms with Crippen LogP contribution in [0.5, 0.6) is 0 Å². The van der Waals surface area contributed by atoms with Gasteiger partial charge in [-0.05, 0) is 12.8 Å². The van der Waals surface area contributed by atoms with Gasteiger partial charge >= 0.3 is 0 Å². The van der Waals surface area contributed by atoms with Crippen molar-refractivity contribution in [3.8, 4) is 0 Å². The van der Waals surface area contributed by atoms with Crippen LogP contribution in [0.4, 0.5) is 0 Å². The van der Waals surface area contributed by atoms with E-state index in [1.807, 2.05) is 18.7 Å². The predicted molar refractivity (Wildman–Crippen MR) is 82.9 cm³/mol. The molecule has 1 heterocycles. The molecule has 0 unspecified atom stereocenters. The van der Waals surface area contributed by atoms with Crippen molar-refractivity contribution >= 4 is 17.7 Å². The zero-order valence-corrected chi connectivity index (χ0v) is 13.6. The minimum atomic E-state index is -0.242. The molecule has 0 radical (unpaired) electrons. The first-order valence-electron chi connectivity index (χ1n) is 8.34. The summed E-state index contributed by atoms with van der Waals surface area (Å²) in [6.07, 6.45) is 4.82. The number of carbonyl (C=O) groups excluding carboxylic acids is 3. The first-order chi connectivity index (χ1) is 10.5. The van der Waals surface area contributed by atoms with Crippen LogP contribution >= 0.6 is 0 Å². The van der Waals surface area contributed by atoms with Crippen LogP contribution in [0.2, 0.25) is 0 Å². The zero-order chi connectivity index (χ0) is 16.1. The molecule has 6 heteroatoms. The van der Waals surface area contributed by atoms with E-state index in [0.29, 0.717) is 32.1 Å². The van der Waals surface area contributed by atoms with Crippen molar-refractivity contribution < 1.29 is 14.4 Å². The van der Waals surface area contributed by atoms with Gasteiger partial charge in [0.05, 0.1) is 5.92 Å². The van der Waals surface area contributed by atoms with Crippen molar-refractivity contribution in [1.29, 1.82) is 0 Å². The lowest BCUT2D eigenvalue weighted by molar-refractivity contribution is -0.130. The quantitative estimate of drug-likeness (QED) is 0.708. The Hall–Kier alpha value is -1.59. The Kier molecular flexibility index (Phi) is 5.80. The number of nitrogens with one attached hydrogen (secondary N) is 2. The van der Waals surface area contributed by atoms with Crippen LogP contribution in [-0.4, -0.2) is 48.3 Å². The summed E-state index contributed by atoms with van der Waals surface area (Å²) in [7, 11) is 0. The summed E-state index contributed by atoms with van der Waals surface area (Å²) in [5.41, 5.74) is 0. The van der Waals surface area contributed by atoms with Gasteiger partial charge in [0.1, 0.15) is 0 Å². The number of likely N-dealkylation sites (tertiary alicyclic amines) is 1. The van der Waals surface area contributed by atoms with Gasteiger partial charge in [-0.2, -0.15) is 0 Å². The van der Waals surface area contributed by atoms with Gasteiger partial charge in [0.15, 0.2) is 0 Å². The standard InChI is InChI=1S/C16H27N3O3/c1-11(2)15(21)17-7-8-18-16(22)12-9-14(20)19(10-12)13-5-3-4-6-13/h11-13H,3-10H2,1-2H3,(H,17,21)(H,18,22)/t12-/m1/s1. The second-order valence-corrected chi connectivity index (χ2v) is 6.62. The van der Waals surface area contributed by atoms with Gasteiger partial charge in [-0.25, -0.2) is 0 Å². The molecule has 22 heavy (non-hydrogen) atoms. The molecule has 0 aromatic carbocycles. The average Bonchev–Trinajstić information content (AvgIpc) is 3.11. The maximum atomic E-state index is 12.1. The van der Waals surface area contributed by atoms with E-state index in [1.165, 1.54) is 12.8 Å². The fraction of sp³-hybridized carbons (Fsp3) is 0.812. The van der Waals surface area contributed by atoms with Crippen LogP contribution < -0.4 is 10.6 Å². The highest BCUT2D eigenvalue weighted by molar-refractivity contribution is 5.89. The molecule has 2 aliphatic rings. The molecule has 1 atom stereocenters. The molecule has 124 valence electrons. The van der Waals surface area contributed by atoms with Gasteiger partial charge in [-0.3, -0.25) is 14.4 Å². The smallest absolute Gasteiger partial charge is 0.225 e. The van der Waals surface area contributed by atoms with Crippen molar-refractivity contribution in [3.63, 3.8) is 0 Å². The summed E-state index contributed by atoms with van der Waals surface area (Å²) in [5.74, 6) is -0.275. The van der Waals surface area contributed by atoms with Crippen molar-refractivity contribution in [2.24, 2.45) is 11.8 Å². The number of hydrogen-bond acceptors (Lipinski definition) is 3. The number of amides is 3. The molecule has 0 spiro atoms. The summed E-state index contributed by atoms with van der Waals surface area (Å²) in [4.78, 5) is 37.5. The van der Waals surface area contributed by atoms with Gasteiger partial charge in [0.2, 0.25) is 17.7 Å². The Morgan fingerprint density at radius 1 is 1.18 bits per heavy atom. The van der Waals surface area contributed by atoms with Crippen molar-refractivity contribution in [2.75, 3.05) is 19.6 Å². The van der Waals surface area contributed by atoms with Gasteiger partial charge in [0.25, 0.3) is 0 Å². The SMILES string of the molecule is CC(C)C(=O)NCCNC(=O)[C@@H]1CC(=O)N(C2CCCC2)C1. The Labute approximate surface area is 132 Å². The van der Waals surface area contributed by atoms with Crippen LogP contribution in [0.15, 0.2) is 0 Å². The molecule has 1 aliphatic carbocycles.